The Morgan fingerprint density at radius 1 is 1.50 bits per heavy atom. The van der Waals surface area contributed by atoms with E-state index in [-0.39, 0.29) is 0 Å². The van der Waals surface area contributed by atoms with Crippen LogP contribution >= 0.6 is 15.9 Å². The van der Waals surface area contributed by atoms with Gasteiger partial charge in [-0.25, -0.2) is 9.67 Å². The van der Waals surface area contributed by atoms with E-state index in [9.17, 15) is 0 Å². The number of pyridine rings is 1. The summed E-state index contributed by atoms with van der Waals surface area (Å²) in [6.07, 6.45) is 3.57. The van der Waals surface area contributed by atoms with Crippen molar-refractivity contribution in [2.45, 2.75) is 6.92 Å². The Morgan fingerprint density at radius 3 is 2.86 bits per heavy atom. The molecule has 2 rings (SSSR count). The molecule has 72 valence electrons. The molecule has 2 heterocycles. The zero-order valence-corrected chi connectivity index (χ0v) is 9.19. The number of nitrogens with zero attached hydrogens (tertiary/aromatic N) is 3. The average Bonchev–Trinajstić information content (AvgIpc) is 2.57. The molecule has 0 spiro atoms. The minimum Gasteiger partial charge on any atom is -0.383 e. The van der Waals surface area contributed by atoms with E-state index in [1.165, 1.54) is 0 Å². The van der Waals surface area contributed by atoms with Crippen LogP contribution in [0.5, 0.6) is 0 Å². The third-order valence-electron chi connectivity index (χ3n) is 1.84. The largest absolute Gasteiger partial charge is 0.383 e. The Hall–Kier alpha value is -1.36. The SMILES string of the molecule is Cc1ccn(-c2cnc(N)c(Br)c2)n1. The lowest BCUT2D eigenvalue weighted by Gasteiger charge is -2.02. The van der Waals surface area contributed by atoms with Gasteiger partial charge in [-0.2, -0.15) is 5.10 Å². The molecule has 0 atom stereocenters. The second kappa shape index (κ2) is 3.42. The van der Waals surface area contributed by atoms with Crippen LogP contribution in [0.2, 0.25) is 0 Å². The zero-order valence-electron chi connectivity index (χ0n) is 7.61. The van der Waals surface area contributed by atoms with Crippen LogP contribution in [0, 0.1) is 6.92 Å². The van der Waals surface area contributed by atoms with Crippen molar-refractivity contribution < 1.29 is 0 Å². The first-order chi connectivity index (χ1) is 6.66. The number of aryl methyl sites for hydroxylation is 1. The third-order valence-corrected chi connectivity index (χ3v) is 2.48. The van der Waals surface area contributed by atoms with E-state index in [1.54, 1.807) is 10.9 Å². The van der Waals surface area contributed by atoms with Gasteiger partial charge in [0.25, 0.3) is 0 Å². The van der Waals surface area contributed by atoms with E-state index < -0.39 is 0 Å². The van der Waals surface area contributed by atoms with Crippen LogP contribution in [-0.4, -0.2) is 14.8 Å². The molecule has 0 unspecified atom stereocenters. The molecule has 0 saturated carbocycles. The summed E-state index contributed by atoms with van der Waals surface area (Å²) in [5.41, 5.74) is 7.44. The predicted molar refractivity (Wildman–Crippen MR) is 58.2 cm³/mol. The molecule has 0 bridgehead atoms. The van der Waals surface area contributed by atoms with Crippen molar-refractivity contribution in [2.24, 2.45) is 0 Å². The topological polar surface area (TPSA) is 56.7 Å². The summed E-state index contributed by atoms with van der Waals surface area (Å²) in [6.45, 7) is 1.94. The van der Waals surface area contributed by atoms with Gasteiger partial charge in [-0.05, 0) is 35.0 Å². The summed E-state index contributed by atoms with van der Waals surface area (Å²) < 4.78 is 2.54. The van der Waals surface area contributed by atoms with E-state index in [1.807, 2.05) is 25.3 Å². The maximum atomic E-state index is 5.58. The molecule has 4 nitrogen and oxygen atoms in total. The first-order valence-electron chi connectivity index (χ1n) is 4.10. The van der Waals surface area contributed by atoms with Gasteiger partial charge >= 0.3 is 0 Å². The first-order valence-corrected chi connectivity index (χ1v) is 4.90. The van der Waals surface area contributed by atoms with Gasteiger partial charge in [-0.3, -0.25) is 0 Å². The fourth-order valence-corrected chi connectivity index (χ4v) is 1.46. The van der Waals surface area contributed by atoms with Crippen molar-refractivity contribution in [3.05, 3.63) is 34.7 Å². The summed E-state index contributed by atoms with van der Waals surface area (Å²) in [5.74, 6) is 0.484. The quantitative estimate of drug-likeness (QED) is 0.844. The number of rotatable bonds is 1. The van der Waals surface area contributed by atoms with Gasteiger partial charge in [0.05, 0.1) is 22.1 Å². The fourth-order valence-electron chi connectivity index (χ4n) is 1.12. The highest BCUT2D eigenvalue weighted by Gasteiger charge is 2.02. The van der Waals surface area contributed by atoms with E-state index in [2.05, 4.69) is 26.0 Å². The summed E-state index contributed by atoms with van der Waals surface area (Å²) in [5, 5.41) is 4.27. The molecule has 2 aromatic rings. The monoisotopic (exact) mass is 252 g/mol. The van der Waals surface area contributed by atoms with Crippen LogP contribution in [0.1, 0.15) is 5.69 Å². The van der Waals surface area contributed by atoms with Crippen molar-refractivity contribution in [1.29, 1.82) is 0 Å². The molecule has 5 heteroatoms. The molecule has 0 fully saturated rings. The van der Waals surface area contributed by atoms with Gasteiger partial charge in [0.1, 0.15) is 5.82 Å². The molecular formula is C9H9BrN4. The number of halogens is 1. The number of hydrogen-bond donors (Lipinski definition) is 1. The van der Waals surface area contributed by atoms with Gasteiger partial charge in [-0.1, -0.05) is 0 Å². The second-order valence-corrected chi connectivity index (χ2v) is 3.82. The van der Waals surface area contributed by atoms with Crippen LogP contribution < -0.4 is 5.73 Å². The minimum atomic E-state index is 0.484. The molecule has 2 aromatic heterocycles. The minimum absolute atomic E-state index is 0.484. The zero-order chi connectivity index (χ0) is 10.1. The molecule has 0 radical (unpaired) electrons. The first kappa shape index (κ1) is 9.21. The summed E-state index contributed by atoms with van der Waals surface area (Å²) >= 11 is 3.32. The molecule has 0 amide bonds. The maximum absolute atomic E-state index is 5.58. The van der Waals surface area contributed by atoms with E-state index >= 15 is 0 Å². The fraction of sp³-hybridized carbons (Fsp3) is 0.111. The molecule has 0 aliphatic carbocycles. The van der Waals surface area contributed by atoms with Gasteiger partial charge < -0.3 is 5.73 Å². The van der Waals surface area contributed by atoms with Crippen LogP contribution in [0.25, 0.3) is 5.69 Å². The highest BCUT2D eigenvalue weighted by Crippen LogP contribution is 2.19. The number of hydrogen-bond acceptors (Lipinski definition) is 3. The Labute approximate surface area is 89.9 Å². The number of nitrogens with two attached hydrogens (primary N) is 1. The summed E-state index contributed by atoms with van der Waals surface area (Å²) in [7, 11) is 0. The summed E-state index contributed by atoms with van der Waals surface area (Å²) in [4.78, 5) is 4.03. The predicted octanol–water partition coefficient (Wildman–Crippen LogP) is 1.92. The molecule has 14 heavy (non-hydrogen) atoms. The van der Waals surface area contributed by atoms with Gasteiger partial charge in [0.2, 0.25) is 0 Å². The highest BCUT2D eigenvalue weighted by atomic mass is 79.9. The Bertz CT molecular complexity index is 464. The van der Waals surface area contributed by atoms with E-state index in [0.717, 1.165) is 15.9 Å². The molecule has 0 aliphatic heterocycles. The molecule has 0 aromatic carbocycles. The maximum Gasteiger partial charge on any atom is 0.137 e. The van der Waals surface area contributed by atoms with Crippen molar-refractivity contribution >= 4 is 21.7 Å². The normalized spacial score (nSPS) is 10.4. The number of nitrogen functional groups attached to an aromatic ring is 1. The lowest BCUT2D eigenvalue weighted by atomic mass is 10.4. The standard InChI is InChI=1S/C9H9BrN4/c1-6-2-3-14(13-6)7-4-8(10)9(11)12-5-7/h2-5H,1H3,(H2,11,12). The van der Waals surface area contributed by atoms with E-state index in [0.29, 0.717) is 5.82 Å². The van der Waals surface area contributed by atoms with Crippen LogP contribution in [0.15, 0.2) is 29.0 Å². The average molecular weight is 253 g/mol. The third kappa shape index (κ3) is 1.63. The lowest BCUT2D eigenvalue weighted by Crippen LogP contribution is -1.98. The molecule has 0 aliphatic rings. The molecule has 0 saturated heterocycles. The van der Waals surface area contributed by atoms with Crippen molar-refractivity contribution in [3.8, 4) is 5.69 Å². The highest BCUT2D eigenvalue weighted by molar-refractivity contribution is 9.10. The van der Waals surface area contributed by atoms with Gasteiger partial charge in [0, 0.05) is 6.20 Å². The lowest BCUT2D eigenvalue weighted by molar-refractivity contribution is 0.856. The van der Waals surface area contributed by atoms with Crippen molar-refractivity contribution in [3.63, 3.8) is 0 Å². The van der Waals surface area contributed by atoms with Crippen LogP contribution in [0.4, 0.5) is 5.82 Å². The van der Waals surface area contributed by atoms with Crippen LogP contribution in [-0.2, 0) is 0 Å². The number of aromatic nitrogens is 3. The Balaban J connectivity index is 2.47. The second-order valence-electron chi connectivity index (χ2n) is 2.96. The van der Waals surface area contributed by atoms with Crippen molar-refractivity contribution in [2.75, 3.05) is 5.73 Å². The Kier molecular flexibility index (Phi) is 2.25. The number of anilines is 1. The van der Waals surface area contributed by atoms with Gasteiger partial charge in [-0.15, -0.1) is 0 Å². The molecule has 2 N–H and O–H groups in total. The van der Waals surface area contributed by atoms with Crippen molar-refractivity contribution in [1.82, 2.24) is 14.8 Å². The van der Waals surface area contributed by atoms with E-state index in [4.69, 9.17) is 5.73 Å². The van der Waals surface area contributed by atoms with Gasteiger partial charge in [0.15, 0.2) is 0 Å². The Morgan fingerprint density at radius 2 is 2.29 bits per heavy atom. The molecular weight excluding hydrogens is 244 g/mol. The smallest absolute Gasteiger partial charge is 0.137 e. The van der Waals surface area contributed by atoms with Crippen LogP contribution in [0.3, 0.4) is 0 Å². The summed E-state index contributed by atoms with van der Waals surface area (Å²) in [6, 6.07) is 3.82.